The normalized spacial score (nSPS) is 19.6. The number of hydrogen-bond acceptors (Lipinski definition) is 3. The number of rotatable bonds is 2. The van der Waals surface area contributed by atoms with Crippen molar-refractivity contribution in [2.75, 3.05) is 13.2 Å². The van der Waals surface area contributed by atoms with Crippen molar-refractivity contribution >= 4 is 5.91 Å². The van der Waals surface area contributed by atoms with Gasteiger partial charge in [0.1, 0.15) is 0 Å². The van der Waals surface area contributed by atoms with Crippen molar-refractivity contribution in [1.82, 2.24) is 9.88 Å². The van der Waals surface area contributed by atoms with Crippen molar-refractivity contribution in [1.29, 1.82) is 0 Å². The average Bonchev–Trinajstić information content (AvgIpc) is 2.74. The van der Waals surface area contributed by atoms with Crippen molar-refractivity contribution in [2.45, 2.75) is 25.8 Å². The van der Waals surface area contributed by atoms with Crippen LogP contribution in [0.5, 0.6) is 0 Å². The number of aromatic amines is 1. The number of likely N-dealkylation sites (tertiary alicyclic amines) is 1. The number of aliphatic hydroxyl groups is 1. The van der Waals surface area contributed by atoms with Crippen LogP contribution in [0.1, 0.15) is 28.9 Å². The summed E-state index contributed by atoms with van der Waals surface area (Å²) in [5, 5.41) is 9.18. The molecule has 1 aliphatic heterocycles. The average molecular weight is 236 g/mol. The van der Waals surface area contributed by atoms with Crippen LogP contribution >= 0.6 is 0 Å². The first-order valence-electron chi connectivity index (χ1n) is 5.74. The van der Waals surface area contributed by atoms with Crippen molar-refractivity contribution in [3.63, 3.8) is 0 Å². The molecule has 1 atom stereocenters. The Hall–Kier alpha value is -1.62. The number of pyridine rings is 1. The van der Waals surface area contributed by atoms with E-state index < -0.39 is 0 Å². The maximum absolute atomic E-state index is 12.2. The van der Waals surface area contributed by atoms with Gasteiger partial charge in [-0.25, -0.2) is 0 Å². The van der Waals surface area contributed by atoms with Crippen LogP contribution in [0.2, 0.25) is 0 Å². The predicted octanol–water partition coefficient (Wildman–Crippen LogP) is 0.280. The SMILES string of the molecule is Cc1cc(C(=O)N2CCC[C@@H]2CO)cc(=O)[nH]1. The maximum Gasteiger partial charge on any atom is 0.254 e. The van der Waals surface area contributed by atoms with E-state index in [1.165, 1.54) is 6.07 Å². The Morgan fingerprint density at radius 3 is 3.00 bits per heavy atom. The molecule has 2 heterocycles. The molecular weight excluding hydrogens is 220 g/mol. The van der Waals surface area contributed by atoms with Crippen LogP contribution in [0.15, 0.2) is 16.9 Å². The number of nitrogens with one attached hydrogen (secondary N) is 1. The molecule has 1 fully saturated rings. The molecule has 5 nitrogen and oxygen atoms in total. The summed E-state index contributed by atoms with van der Waals surface area (Å²) >= 11 is 0. The second-order valence-electron chi connectivity index (χ2n) is 4.39. The molecule has 1 aromatic rings. The van der Waals surface area contributed by atoms with Gasteiger partial charge >= 0.3 is 0 Å². The summed E-state index contributed by atoms with van der Waals surface area (Å²) in [5.41, 5.74) is 0.792. The van der Waals surface area contributed by atoms with Crippen molar-refractivity contribution in [3.05, 3.63) is 33.7 Å². The highest BCUT2D eigenvalue weighted by Gasteiger charge is 2.28. The highest BCUT2D eigenvalue weighted by Crippen LogP contribution is 2.19. The molecule has 2 N–H and O–H groups in total. The van der Waals surface area contributed by atoms with Gasteiger partial charge in [-0.15, -0.1) is 0 Å². The summed E-state index contributed by atoms with van der Waals surface area (Å²) in [4.78, 5) is 27.7. The molecule has 1 amide bonds. The van der Waals surface area contributed by atoms with Crippen LogP contribution in [0.3, 0.4) is 0 Å². The van der Waals surface area contributed by atoms with E-state index in [0.717, 1.165) is 12.8 Å². The first-order valence-corrected chi connectivity index (χ1v) is 5.74. The number of nitrogens with zero attached hydrogens (tertiary/aromatic N) is 1. The van der Waals surface area contributed by atoms with E-state index in [-0.39, 0.29) is 24.1 Å². The van der Waals surface area contributed by atoms with E-state index in [1.807, 2.05) is 0 Å². The lowest BCUT2D eigenvalue weighted by Crippen LogP contribution is -2.38. The van der Waals surface area contributed by atoms with Crippen LogP contribution in [0.4, 0.5) is 0 Å². The van der Waals surface area contributed by atoms with Gasteiger partial charge in [0.25, 0.3) is 5.91 Å². The first kappa shape index (κ1) is 11.9. The van der Waals surface area contributed by atoms with E-state index in [4.69, 9.17) is 0 Å². The Morgan fingerprint density at radius 1 is 1.59 bits per heavy atom. The first-order chi connectivity index (χ1) is 8.11. The number of amides is 1. The molecule has 0 unspecified atom stereocenters. The Kier molecular flexibility index (Phi) is 3.28. The molecule has 0 radical (unpaired) electrons. The zero-order valence-electron chi connectivity index (χ0n) is 9.77. The lowest BCUT2D eigenvalue weighted by molar-refractivity contribution is 0.0677. The molecule has 0 aliphatic carbocycles. The van der Waals surface area contributed by atoms with Crippen molar-refractivity contribution in [2.24, 2.45) is 0 Å². The molecule has 17 heavy (non-hydrogen) atoms. The van der Waals surface area contributed by atoms with Gasteiger partial charge in [0.05, 0.1) is 12.6 Å². The van der Waals surface area contributed by atoms with Crippen molar-refractivity contribution in [3.8, 4) is 0 Å². The fourth-order valence-corrected chi connectivity index (χ4v) is 2.26. The molecular formula is C12H16N2O3. The molecule has 5 heteroatoms. The second-order valence-corrected chi connectivity index (χ2v) is 4.39. The zero-order chi connectivity index (χ0) is 12.4. The number of aryl methyl sites for hydroxylation is 1. The van der Waals surface area contributed by atoms with Crippen molar-refractivity contribution < 1.29 is 9.90 Å². The molecule has 92 valence electrons. The number of aliphatic hydroxyl groups excluding tert-OH is 1. The summed E-state index contributed by atoms with van der Waals surface area (Å²) in [6, 6.07) is 2.86. The van der Waals surface area contributed by atoms with Gasteiger partial charge in [0, 0.05) is 23.9 Å². The van der Waals surface area contributed by atoms with E-state index in [1.54, 1.807) is 17.9 Å². The van der Waals surface area contributed by atoms with Crippen LogP contribution in [0.25, 0.3) is 0 Å². The minimum Gasteiger partial charge on any atom is -0.394 e. The molecule has 0 bridgehead atoms. The molecule has 0 aromatic carbocycles. The fraction of sp³-hybridized carbons (Fsp3) is 0.500. The molecule has 1 aromatic heterocycles. The van der Waals surface area contributed by atoms with Gasteiger partial charge in [0.15, 0.2) is 0 Å². The lowest BCUT2D eigenvalue weighted by Gasteiger charge is -2.23. The lowest BCUT2D eigenvalue weighted by atomic mass is 10.2. The number of H-pyrrole nitrogens is 1. The standard InChI is InChI=1S/C12H16N2O3/c1-8-5-9(6-11(16)13-8)12(17)14-4-2-3-10(14)7-15/h5-6,10,15H,2-4,7H2,1H3,(H,13,16)/t10-/m1/s1. The van der Waals surface area contributed by atoms with E-state index in [0.29, 0.717) is 17.8 Å². The van der Waals surface area contributed by atoms with Crippen LogP contribution in [-0.4, -0.2) is 40.1 Å². The summed E-state index contributed by atoms with van der Waals surface area (Å²) in [5.74, 6) is -0.171. The summed E-state index contributed by atoms with van der Waals surface area (Å²) in [6.07, 6.45) is 1.73. The summed E-state index contributed by atoms with van der Waals surface area (Å²) in [7, 11) is 0. The third kappa shape index (κ3) is 2.39. The number of carbonyl (C=O) groups excluding carboxylic acids is 1. The molecule has 0 spiro atoms. The third-order valence-electron chi connectivity index (χ3n) is 3.07. The number of carbonyl (C=O) groups is 1. The molecule has 0 saturated carbocycles. The highest BCUT2D eigenvalue weighted by atomic mass is 16.3. The summed E-state index contributed by atoms with van der Waals surface area (Å²) < 4.78 is 0. The minimum atomic E-state index is -0.270. The quantitative estimate of drug-likeness (QED) is 0.774. The number of aromatic nitrogens is 1. The Morgan fingerprint density at radius 2 is 2.35 bits per heavy atom. The fourth-order valence-electron chi connectivity index (χ4n) is 2.26. The molecule has 1 saturated heterocycles. The number of hydrogen-bond donors (Lipinski definition) is 2. The summed E-state index contributed by atoms with van der Waals surface area (Å²) in [6.45, 7) is 2.37. The van der Waals surface area contributed by atoms with Gasteiger partial charge in [0.2, 0.25) is 5.56 Å². The maximum atomic E-state index is 12.2. The topological polar surface area (TPSA) is 73.4 Å². The Labute approximate surface area is 99.1 Å². The van der Waals surface area contributed by atoms with Gasteiger partial charge in [-0.2, -0.15) is 0 Å². The molecule has 1 aliphatic rings. The second kappa shape index (κ2) is 4.71. The Balaban J connectivity index is 2.27. The third-order valence-corrected chi connectivity index (χ3v) is 3.07. The highest BCUT2D eigenvalue weighted by molar-refractivity contribution is 5.94. The van der Waals surface area contributed by atoms with E-state index in [9.17, 15) is 14.7 Å². The van der Waals surface area contributed by atoms with Crippen LogP contribution in [0, 0.1) is 6.92 Å². The smallest absolute Gasteiger partial charge is 0.254 e. The van der Waals surface area contributed by atoms with E-state index in [2.05, 4.69) is 4.98 Å². The van der Waals surface area contributed by atoms with E-state index >= 15 is 0 Å². The zero-order valence-corrected chi connectivity index (χ0v) is 9.77. The van der Waals surface area contributed by atoms with Gasteiger partial charge in [-0.05, 0) is 25.8 Å². The van der Waals surface area contributed by atoms with Crippen LogP contribution < -0.4 is 5.56 Å². The minimum absolute atomic E-state index is 0.0199. The van der Waals surface area contributed by atoms with Crippen LogP contribution in [-0.2, 0) is 0 Å². The van der Waals surface area contributed by atoms with Gasteiger partial charge in [-0.3, -0.25) is 9.59 Å². The van der Waals surface area contributed by atoms with Gasteiger partial charge in [-0.1, -0.05) is 0 Å². The monoisotopic (exact) mass is 236 g/mol. The molecule has 2 rings (SSSR count). The Bertz CT molecular complexity index is 481. The van der Waals surface area contributed by atoms with Gasteiger partial charge < -0.3 is 15.0 Å². The largest absolute Gasteiger partial charge is 0.394 e. The predicted molar refractivity (Wildman–Crippen MR) is 62.9 cm³/mol.